The van der Waals surface area contributed by atoms with E-state index in [1.54, 1.807) is 7.11 Å². The molecule has 2 aromatic carbocycles. The summed E-state index contributed by atoms with van der Waals surface area (Å²) in [4.78, 5) is 2.10. The molecule has 1 aliphatic carbocycles. The highest BCUT2D eigenvalue weighted by Gasteiger charge is 2.29. The highest BCUT2D eigenvalue weighted by molar-refractivity contribution is 7.80. The van der Waals surface area contributed by atoms with E-state index < -0.39 is 0 Å². The molecule has 3 N–H and O–H groups in total. The molecule has 1 saturated carbocycles. The number of H-pyrrole nitrogens is 1. The van der Waals surface area contributed by atoms with Crippen LogP contribution in [0, 0.1) is 0 Å². The van der Waals surface area contributed by atoms with E-state index in [1.165, 1.54) is 6.07 Å². The number of hydrogen-bond acceptors (Lipinski definition) is 6. The predicted molar refractivity (Wildman–Crippen MR) is 118 cm³/mol. The molecule has 0 bridgehead atoms. The summed E-state index contributed by atoms with van der Waals surface area (Å²) >= 11 is 4.55. The first-order valence-corrected chi connectivity index (χ1v) is 10.1. The average Bonchev–Trinajstić information content (AvgIpc) is 3.49. The number of phenolic OH excluding ortho intramolecular Hbond substituents is 2. The zero-order valence-corrected chi connectivity index (χ0v) is 17.6. The summed E-state index contributed by atoms with van der Waals surface area (Å²) in [5, 5.41) is 28.6. The van der Waals surface area contributed by atoms with E-state index in [9.17, 15) is 10.2 Å². The molecule has 3 aromatic rings. The fourth-order valence-corrected chi connectivity index (χ4v) is 3.92. The fraction of sp³-hybridized carbons (Fsp3) is 0.318. The van der Waals surface area contributed by atoms with Gasteiger partial charge in [0.25, 0.3) is 0 Å². The minimum Gasteiger partial charge on any atom is -0.508 e. The second-order valence-corrected chi connectivity index (χ2v) is 7.82. The van der Waals surface area contributed by atoms with Gasteiger partial charge in [-0.3, -0.25) is 5.10 Å². The fourth-order valence-electron chi connectivity index (χ4n) is 3.63. The Hall–Kier alpha value is -2.80. The zero-order valence-electron chi connectivity index (χ0n) is 16.7. The van der Waals surface area contributed by atoms with Crippen LogP contribution in [0.5, 0.6) is 17.2 Å². The van der Waals surface area contributed by atoms with Crippen LogP contribution >= 0.6 is 12.6 Å². The minimum absolute atomic E-state index is 0.00421. The van der Waals surface area contributed by atoms with Crippen molar-refractivity contribution in [2.45, 2.75) is 30.7 Å². The Morgan fingerprint density at radius 2 is 1.97 bits per heavy atom. The molecule has 7 heteroatoms. The van der Waals surface area contributed by atoms with Gasteiger partial charge >= 0.3 is 0 Å². The molecule has 1 aromatic heterocycles. The van der Waals surface area contributed by atoms with Gasteiger partial charge < -0.3 is 19.8 Å². The summed E-state index contributed by atoms with van der Waals surface area (Å²) in [5.74, 6) is 1.27. The molecule has 0 aliphatic heterocycles. The molecule has 1 heterocycles. The van der Waals surface area contributed by atoms with Crippen molar-refractivity contribution in [2.75, 3.05) is 25.6 Å². The number of methoxy groups -OCH3 is 1. The molecule has 0 unspecified atom stereocenters. The summed E-state index contributed by atoms with van der Waals surface area (Å²) in [6.45, 7) is 2.91. The number of nitrogens with zero attached hydrogens (tertiary/aromatic N) is 2. The molecule has 6 nitrogen and oxygen atoms in total. The van der Waals surface area contributed by atoms with E-state index in [0.29, 0.717) is 22.2 Å². The summed E-state index contributed by atoms with van der Waals surface area (Å²) in [5.41, 5.74) is 4.80. The largest absolute Gasteiger partial charge is 0.508 e. The Bertz CT molecular complexity index is 1060. The number of hydrogen-bond donors (Lipinski definition) is 4. The van der Waals surface area contributed by atoms with E-state index in [2.05, 4.69) is 34.6 Å². The molecule has 29 heavy (non-hydrogen) atoms. The van der Waals surface area contributed by atoms with Crippen LogP contribution in [0.1, 0.15) is 31.2 Å². The number of thiol groups is 1. The number of phenols is 2. The van der Waals surface area contributed by atoms with Crippen molar-refractivity contribution in [2.24, 2.45) is 0 Å². The molecule has 1 fully saturated rings. The minimum atomic E-state index is 0.00421. The lowest BCUT2D eigenvalue weighted by Crippen LogP contribution is -2.16. The van der Waals surface area contributed by atoms with E-state index in [-0.39, 0.29) is 11.5 Å². The summed E-state index contributed by atoms with van der Waals surface area (Å²) in [6, 6.07) is 9.19. The Morgan fingerprint density at radius 1 is 1.21 bits per heavy atom. The van der Waals surface area contributed by atoms with Crippen molar-refractivity contribution >= 4 is 18.3 Å². The summed E-state index contributed by atoms with van der Waals surface area (Å²) < 4.78 is 5.52. The first-order chi connectivity index (χ1) is 13.9. The van der Waals surface area contributed by atoms with Crippen LogP contribution in [0.15, 0.2) is 35.4 Å². The topological polar surface area (TPSA) is 81.6 Å². The average molecular weight is 412 g/mol. The van der Waals surface area contributed by atoms with Crippen molar-refractivity contribution in [3.8, 4) is 39.6 Å². The van der Waals surface area contributed by atoms with Gasteiger partial charge in [0, 0.05) is 30.8 Å². The number of anilines is 1. The maximum atomic E-state index is 10.6. The molecule has 0 amide bonds. The number of ether oxygens (including phenoxy) is 1. The number of rotatable bonds is 6. The normalized spacial score (nSPS) is 13.5. The predicted octanol–water partition coefficient (Wildman–Crippen LogP) is 4.79. The summed E-state index contributed by atoms with van der Waals surface area (Å²) in [6.07, 6.45) is 2.10. The van der Waals surface area contributed by atoms with Gasteiger partial charge in [-0.25, -0.2) is 0 Å². The number of aromatic hydroxyl groups is 2. The third-order valence-electron chi connectivity index (χ3n) is 5.53. The van der Waals surface area contributed by atoms with Gasteiger partial charge in [-0.15, -0.1) is 12.6 Å². The molecular formula is C22H25N3O3S. The second kappa shape index (κ2) is 7.55. The third kappa shape index (κ3) is 3.51. The Kier molecular flexibility index (Phi) is 5.08. The third-order valence-corrected chi connectivity index (χ3v) is 5.86. The Balaban J connectivity index is 1.87. The number of benzene rings is 2. The van der Waals surface area contributed by atoms with Crippen LogP contribution in [-0.4, -0.2) is 41.1 Å². The van der Waals surface area contributed by atoms with Crippen molar-refractivity contribution < 1.29 is 14.9 Å². The SMILES string of the molecule is CCN(C)c1cc(-c2c(S)n[nH]c2-c2cc(C3CC3)c(O)cc2O)ccc1OC. The monoisotopic (exact) mass is 411 g/mol. The van der Waals surface area contributed by atoms with Gasteiger partial charge in [0.05, 0.1) is 18.5 Å². The highest BCUT2D eigenvalue weighted by Crippen LogP contribution is 2.49. The van der Waals surface area contributed by atoms with Crippen LogP contribution < -0.4 is 9.64 Å². The number of aromatic amines is 1. The first kappa shape index (κ1) is 19.5. The van der Waals surface area contributed by atoms with Crippen LogP contribution in [0.3, 0.4) is 0 Å². The van der Waals surface area contributed by atoms with Crippen molar-refractivity contribution in [1.29, 1.82) is 0 Å². The van der Waals surface area contributed by atoms with E-state index in [4.69, 9.17) is 4.74 Å². The molecular weight excluding hydrogens is 386 g/mol. The molecule has 1 aliphatic rings. The van der Waals surface area contributed by atoms with Crippen LogP contribution in [-0.2, 0) is 0 Å². The van der Waals surface area contributed by atoms with E-state index in [0.717, 1.165) is 47.5 Å². The van der Waals surface area contributed by atoms with Crippen molar-refractivity contribution in [3.05, 3.63) is 35.9 Å². The van der Waals surface area contributed by atoms with Crippen LogP contribution in [0.4, 0.5) is 5.69 Å². The van der Waals surface area contributed by atoms with Crippen LogP contribution in [0.2, 0.25) is 0 Å². The van der Waals surface area contributed by atoms with Crippen LogP contribution in [0.25, 0.3) is 22.4 Å². The standard InChI is InChI=1S/C22H25N3O3S/c1-4-25(2)16-9-13(7-8-19(16)28-3)20-21(23-24-22(20)29)15-10-14(12-5-6-12)17(26)11-18(15)27/h7-12,26-27H,4-6H2,1-3H3,(H2,23,24,29). The quantitative estimate of drug-likeness (QED) is 0.439. The lowest BCUT2D eigenvalue weighted by molar-refractivity contribution is 0.415. The van der Waals surface area contributed by atoms with Gasteiger partial charge in [-0.1, -0.05) is 6.07 Å². The Labute approximate surface area is 175 Å². The lowest BCUT2D eigenvalue weighted by Gasteiger charge is -2.21. The van der Waals surface area contributed by atoms with Gasteiger partial charge in [0.2, 0.25) is 0 Å². The van der Waals surface area contributed by atoms with Gasteiger partial charge in [-0.2, -0.15) is 5.10 Å². The van der Waals surface area contributed by atoms with Gasteiger partial charge in [0.15, 0.2) is 0 Å². The number of nitrogens with one attached hydrogen (secondary N) is 1. The first-order valence-electron chi connectivity index (χ1n) is 9.67. The molecule has 4 rings (SSSR count). The van der Waals surface area contributed by atoms with E-state index >= 15 is 0 Å². The molecule has 152 valence electrons. The smallest absolute Gasteiger partial charge is 0.142 e. The van der Waals surface area contributed by atoms with Gasteiger partial charge in [-0.05, 0) is 55.0 Å². The van der Waals surface area contributed by atoms with Gasteiger partial charge in [0.1, 0.15) is 22.3 Å². The molecule has 0 saturated heterocycles. The maximum Gasteiger partial charge on any atom is 0.142 e. The zero-order chi connectivity index (χ0) is 20.7. The van der Waals surface area contributed by atoms with Crippen molar-refractivity contribution in [3.63, 3.8) is 0 Å². The second-order valence-electron chi connectivity index (χ2n) is 7.40. The molecule has 0 radical (unpaired) electrons. The van der Waals surface area contributed by atoms with Crippen molar-refractivity contribution in [1.82, 2.24) is 10.2 Å². The molecule has 0 atom stereocenters. The molecule has 0 spiro atoms. The lowest BCUT2D eigenvalue weighted by atomic mass is 9.97. The number of aromatic nitrogens is 2. The summed E-state index contributed by atoms with van der Waals surface area (Å²) in [7, 11) is 3.66. The Morgan fingerprint density at radius 3 is 2.62 bits per heavy atom. The maximum absolute atomic E-state index is 10.6. The highest BCUT2D eigenvalue weighted by atomic mass is 32.1. The van der Waals surface area contributed by atoms with E-state index in [1.807, 2.05) is 31.3 Å².